The molecule has 0 fully saturated rings. The molecule has 0 unspecified atom stereocenters. The van der Waals surface area contributed by atoms with Gasteiger partial charge in [0.1, 0.15) is 0 Å². The number of amides is 1. The van der Waals surface area contributed by atoms with Crippen LogP contribution >= 0.6 is 11.3 Å². The van der Waals surface area contributed by atoms with Crippen molar-refractivity contribution in [3.05, 3.63) is 69.7 Å². The van der Waals surface area contributed by atoms with Gasteiger partial charge in [0.2, 0.25) is 5.91 Å². The van der Waals surface area contributed by atoms with E-state index in [9.17, 15) is 14.9 Å². The largest absolute Gasteiger partial charge is 0.322 e. The summed E-state index contributed by atoms with van der Waals surface area (Å²) < 4.78 is 1.00. The number of carbonyl (C=O) groups excluding carboxylic acids is 1. The number of aromatic nitrogens is 1. The molecule has 0 aliphatic carbocycles. The van der Waals surface area contributed by atoms with Crippen molar-refractivity contribution in [3.63, 3.8) is 0 Å². The number of benzene rings is 2. The second-order valence-electron chi connectivity index (χ2n) is 4.71. The second kappa shape index (κ2) is 6.37. The van der Waals surface area contributed by atoms with Gasteiger partial charge in [-0.1, -0.05) is 0 Å². The van der Waals surface area contributed by atoms with Crippen LogP contribution in [-0.4, -0.2) is 15.8 Å². The van der Waals surface area contributed by atoms with Gasteiger partial charge in [-0.25, -0.2) is 4.98 Å². The fraction of sp³-hybridized carbons (Fsp3) is 0. The minimum absolute atomic E-state index is 0.0180. The van der Waals surface area contributed by atoms with Gasteiger partial charge in [-0.3, -0.25) is 14.9 Å². The van der Waals surface area contributed by atoms with E-state index in [2.05, 4.69) is 10.3 Å². The summed E-state index contributed by atoms with van der Waals surface area (Å²) in [6, 6.07) is 11.5. The zero-order chi connectivity index (χ0) is 16.2. The molecule has 3 rings (SSSR count). The predicted molar refractivity (Wildman–Crippen MR) is 90.4 cm³/mol. The highest BCUT2D eigenvalue weighted by molar-refractivity contribution is 7.16. The van der Waals surface area contributed by atoms with Crippen LogP contribution in [0.2, 0.25) is 0 Å². The Labute approximate surface area is 135 Å². The number of nitrogens with one attached hydrogen (secondary N) is 1. The van der Waals surface area contributed by atoms with Gasteiger partial charge >= 0.3 is 0 Å². The zero-order valence-corrected chi connectivity index (χ0v) is 12.6. The average Bonchev–Trinajstić information content (AvgIpc) is 3.01. The average molecular weight is 325 g/mol. The number of hydrogen-bond acceptors (Lipinski definition) is 5. The molecule has 1 heterocycles. The maximum atomic E-state index is 11.9. The van der Waals surface area contributed by atoms with Crippen molar-refractivity contribution in [3.8, 4) is 0 Å². The van der Waals surface area contributed by atoms with E-state index in [1.807, 2.05) is 12.1 Å². The third-order valence-corrected chi connectivity index (χ3v) is 3.92. The lowest BCUT2D eigenvalue weighted by Crippen LogP contribution is -2.07. The summed E-state index contributed by atoms with van der Waals surface area (Å²) in [4.78, 5) is 26.2. The van der Waals surface area contributed by atoms with Gasteiger partial charge in [0.25, 0.3) is 5.69 Å². The fourth-order valence-corrected chi connectivity index (χ4v) is 2.71. The minimum Gasteiger partial charge on any atom is -0.322 e. The van der Waals surface area contributed by atoms with Crippen molar-refractivity contribution in [2.24, 2.45) is 0 Å². The molecule has 23 heavy (non-hydrogen) atoms. The first-order valence-electron chi connectivity index (χ1n) is 6.68. The normalized spacial score (nSPS) is 11.0. The van der Waals surface area contributed by atoms with Crippen LogP contribution in [0.4, 0.5) is 11.4 Å². The number of anilines is 1. The van der Waals surface area contributed by atoms with E-state index >= 15 is 0 Å². The third-order valence-electron chi connectivity index (χ3n) is 3.13. The summed E-state index contributed by atoms with van der Waals surface area (Å²) >= 11 is 1.51. The number of nitro groups is 1. The first-order chi connectivity index (χ1) is 11.1. The van der Waals surface area contributed by atoms with Crippen LogP contribution in [0, 0.1) is 10.1 Å². The summed E-state index contributed by atoms with van der Waals surface area (Å²) in [6.07, 6.45) is 2.99. The molecule has 0 aliphatic heterocycles. The molecule has 0 saturated carbocycles. The van der Waals surface area contributed by atoms with E-state index in [0.717, 1.165) is 10.2 Å². The summed E-state index contributed by atoms with van der Waals surface area (Å²) in [6.45, 7) is 0. The van der Waals surface area contributed by atoms with E-state index in [1.165, 1.54) is 29.5 Å². The molecule has 0 saturated heterocycles. The maximum absolute atomic E-state index is 11.9. The van der Waals surface area contributed by atoms with Crippen LogP contribution < -0.4 is 5.32 Å². The van der Waals surface area contributed by atoms with Gasteiger partial charge in [0, 0.05) is 23.9 Å². The first kappa shape index (κ1) is 14.9. The molecule has 1 N–H and O–H groups in total. The zero-order valence-electron chi connectivity index (χ0n) is 11.8. The number of fused-ring (bicyclic) bond motifs is 1. The third kappa shape index (κ3) is 3.58. The Morgan fingerprint density at radius 1 is 1.22 bits per heavy atom. The molecule has 0 bridgehead atoms. The fourth-order valence-electron chi connectivity index (χ4n) is 2.00. The summed E-state index contributed by atoms with van der Waals surface area (Å²) in [5.41, 5.74) is 4.08. The molecule has 7 heteroatoms. The Morgan fingerprint density at radius 3 is 2.74 bits per heavy atom. The molecule has 2 aromatic carbocycles. The Kier molecular flexibility index (Phi) is 4.11. The summed E-state index contributed by atoms with van der Waals surface area (Å²) in [5.74, 6) is -0.271. The predicted octanol–water partition coefficient (Wildman–Crippen LogP) is 3.86. The molecular formula is C16H11N3O3S. The number of hydrogen-bond donors (Lipinski definition) is 1. The van der Waals surface area contributed by atoms with Crippen LogP contribution in [0.25, 0.3) is 16.3 Å². The molecule has 0 atom stereocenters. The van der Waals surface area contributed by atoms with E-state index in [1.54, 1.807) is 29.8 Å². The van der Waals surface area contributed by atoms with Gasteiger partial charge in [0.05, 0.1) is 20.7 Å². The molecule has 1 aromatic heterocycles. The number of thiazole rings is 1. The van der Waals surface area contributed by atoms with Gasteiger partial charge in [-0.2, -0.15) is 0 Å². The van der Waals surface area contributed by atoms with Crippen molar-refractivity contribution in [1.29, 1.82) is 0 Å². The van der Waals surface area contributed by atoms with Gasteiger partial charge < -0.3 is 5.32 Å². The van der Waals surface area contributed by atoms with Crippen LogP contribution in [0.3, 0.4) is 0 Å². The maximum Gasteiger partial charge on any atom is 0.269 e. The number of nitrogens with zero attached hydrogens (tertiary/aromatic N) is 2. The van der Waals surface area contributed by atoms with E-state index in [-0.39, 0.29) is 11.6 Å². The van der Waals surface area contributed by atoms with E-state index in [4.69, 9.17) is 0 Å². The molecule has 1 amide bonds. The molecular weight excluding hydrogens is 314 g/mol. The standard InChI is InChI=1S/C16H11N3O3S/c20-16(8-3-11-1-5-13(6-2-11)19(21)22)18-12-4-7-14-15(9-12)23-10-17-14/h1-10H,(H,18,20). The monoisotopic (exact) mass is 325 g/mol. The minimum atomic E-state index is -0.463. The van der Waals surface area contributed by atoms with Crippen LogP contribution in [-0.2, 0) is 4.79 Å². The SMILES string of the molecule is O=C(C=Cc1ccc([N+](=O)[O-])cc1)Nc1ccc2ncsc2c1. The Bertz CT molecular complexity index is 900. The quantitative estimate of drug-likeness (QED) is 0.448. The van der Waals surface area contributed by atoms with Crippen molar-refractivity contribution in [2.45, 2.75) is 0 Å². The molecule has 114 valence electrons. The smallest absolute Gasteiger partial charge is 0.269 e. The summed E-state index contributed by atoms with van der Waals surface area (Å²) in [5, 5.41) is 13.3. The van der Waals surface area contributed by atoms with Crippen molar-refractivity contribution >= 4 is 44.9 Å². The highest BCUT2D eigenvalue weighted by atomic mass is 32.1. The first-order valence-corrected chi connectivity index (χ1v) is 7.56. The molecule has 0 aliphatic rings. The Hall–Kier alpha value is -3.06. The Balaban J connectivity index is 1.67. The number of carbonyl (C=O) groups is 1. The van der Waals surface area contributed by atoms with Gasteiger partial charge in [-0.05, 0) is 42.0 Å². The number of rotatable bonds is 4. The highest BCUT2D eigenvalue weighted by Gasteiger charge is 2.04. The second-order valence-corrected chi connectivity index (χ2v) is 5.59. The van der Waals surface area contributed by atoms with Crippen molar-refractivity contribution in [2.75, 3.05) is 5.32 Å². The molecule has 0 spiro atoms. The van der Waals surface area contributed by atoms with E-state index in [0.29, 0.717) is 11.3 Å². The van der Waals surface area contributed by atoms with Gasteiger partial charge in [0.15, 0.2) is 0 Å². The van der Waals surface area contributed by atoms with Crippen LogP contribution in [0.5, 0.6) is 0 Å². The van der Waals surface area contributed by atoms with Crippen LogP contribution in [0.15, 0.2) is 54.1 Å². The highest BCUT2D eigenvalue weighted by Crippen LogP contribution is 2.21. The number of non-ortho nitro benzene ring substituents is 1. The summed E-state index contributed by atoms with van der Waals surface area (Å²) in [7, 11) is 0. The topological polar surface area (TPSA) is 85.1 Å². The van der Waals surface area contributed by atoms with Gasteiger partial charge in [-0.15, -0.1) is 11.3 Å². The lowest BCUT2D eigenvalue weighted by atomic mass is 10.2. The molecule has 0 radical (unpaired) electrons. The lowest BCUT2D eigenvalue weighted by molar-refractivity contribution is -0.384. The van der Waals surface area contributed by atoms with E-state index < -0.39 is 4.92 Å². The van der Waals surface area contributed by atoms with Crippen molar-refractivity contribution < 1.29 is 9.72 Å². The molecule has 6 nitrogen and oxygen atoms in total. The number of nitro benzene ring substituents is 1. The lowest BCUT2D eigenvalue weighted by Gasteiger charge is -2.01. The molecule has 3 aromatic rings. The Morgan fingerprint density at radius 2 is 2.00 bits per heavy atom. The van der Waals surface area contributed by atoms with Crippen molar-refractivity contribution in [1.82, 2.24) is 4.98 Å². The van der Waals surface area contributed by atoms with Crippen LogP contribution in [0.1, 0.15) is 5.56 Å².